The summed E-state index contributed by atoms with van der Waals surface area (Å²) >= 11 is 0. The van der Waals surface area contributed by atoms with Crippen molar-refractivity contribution in [2.45, 2.75) is 26.4 Å². The predicted octanol–water partition coefficient (Wildman–Crippen LogP) is 2.43. The number of aryl methyl sites for hydroxylation is 1. The van der Waals surface area contributed by atoms with Crippen LogP contribution in [0, 0.1) is 6.92 Å². The minimum absolute atomic E-state index is 0.0326. The Morgan fingerprint density at radius 1 is 1.19 bits per heavy atom. The molecular weight excluding hydrogens is 340 g/mol. The van der Waals surface area contributed by atoms with E-state index in [1.54, 1.807) is 6.20 Å². The van der Waals surface area contributed by atoms with Crippen LogP contribution in [-0.2, 0) is 11.3 Å². The molecule has 2 aromatic rings. The summed E-state index contributed by atoms with van der Waals surface area (Å²) in [6.07, 6.45) is 1.70. The number of pyridine rings is 1. The summed E-state index contributed by atoms with van der Waals surface area (Å²) in [5, 5.41) is 3.03. The predicted molar refractivity (Wildman–Crippen MR) is 106 cm³/mol. The van der Waals surface area contributed by atoms with Gasteiger partial charge in [-0.2, -0.15) is 0 Å². The van der Waals surface area contributed by atoms with Crippen LogP contribution in [0.1, 0.15) is 18.1 Å². The van der Waals surface area contributed by atoms with Gasteiger partial charge in [0.1, 0.15) is 5.75 Å². The van der Waals surface area contributed by atoms with Crippen LogP contribution in [0.25, 0.3) is 0 Å². The van der Waals surface area contributed by atoms with Crippen molar-refractivity contribution in [3.05, 3.63) is 53.7 Å². The molecule has 144 valence electrons. The summed E-state index contributed by atoms with van der Waals surface area (Å²) in [6, 6.07) is 11.5. The van der Waals surface area contributed by atoms with E-state index < -0.39 is 0 Å². The third-order valence-corrected chi connectivity index (χ3v) is 5.07. The number of amides is 1. The van der Waals surface area contributed by atoms with E-state index in [2.05, 4.69) is 27.1 Å². The van der Waals surface area contributed by atoms with Crippen LogP contribution in [0.15, 0.2) is 42.6 Å². The van der Waals surface area contributed by atoms with Gasteiger partial charge < -0.3 is 15.0 Å². The Morgan fingerprint density at radius 2 is 1.93 bits per heavy atom. The van der Waals surface area contributed by atoms with Crippen molar-refractivity contribution in [2.75, 3.05) is 33.2 Å². The summed E-state index contributed by atoms with van der Waals surface area (Å²) in [5.41, 5.74) is 1.90. The highest BCUT2D eigenvalue weighted by atomic mass is 16.5. The summed E-state index contributed by atoms with van der Waals surface area (Å²) in [6.45, 7) is 8.18. The van der Waals surface area contributed by atoms with E-state index in [0.717, 1.165) is 43.1 Å². The number of nitrogens with one attached hydrogen (secondary N) is 1. The van der Waals surface area contributed by atoms with Gasteiger partial charge in [-0.25, -0.2) is 4.98 Å². The molecule has 0 saturated carbocycles. The Hall–Kier alpha value is -2.44. The second-order valence-corrected chi connectivity index (χ2v) is 7.07. The number of aromatic nitrogens is 1. The minimum Gasteiger partial charge on any atom is -0.438 e. The van der Waals surface area contributed by atoms with Crippen molar-refractivity contribution in [2.24, 2.45) is 0 Å². The molecule has 0 radical (unpaired) electrons. The Morgan fingerprint density at radius 3 is 2.67 bits per heavy atom. The number of para-hydroxylation sites is 1. The number of carbonyl (C=O) groups excluding carboxylic acids is 1. The van der Waals surface area contributed by atoms with Crippen LogP contribution in [0.2, 0.25) is 0 Å². The molecule has 0 bridgehead atoms. The maximum Gasteiger partial charge on any atom is 0.237 e. The lowest BCUT2D eigenvalue weighted by molar-refractivity contribution is -0.126. The molecule has 1 saturated heterocycles. The van der Waals surface area contributed by atoms with Crippen LogP contribution in [0.4, 0.5) is 0 Å². The molecule has 1 fully saturated rings. The zero-order valence-corrected chi connectivity index (χ0v) is 16.3. The van der Waals surface area contributed by atoms with E-state index in [-0.39, 0.29) is 11.9 Å². The van der Waals surface area contributed by atoms with E-state index in [1.165, 1.54) is 0 Å². The molecule has 0 aliphatic carbocycles. The monoisotopic (exact) mass is 368 g/mol. The average Bonchev–Trinajstić information content (AvgIpc) is 2.69. The van der Waals surface area contributed by atoms with E-state index in [4.69, 9.17) is 4.74 Å². The van der Waals surface area contributed by atoms with Gasteiger partial charge >= 0.3 is 0 Å². The van der Waals surface area contributed by atoms with Crippen molar-refractivity contribution in [1.82, 2.24) is 20.1 Å². The standard InChI is InChI=1S/C21H28N4O2/c1-16-7-4-5-9-19(16)27-21-18(8-6-10-22-21)15-23-20(26)17(2)25-13-11-24(3)12-14-25/h4-10,17H,11-15H2,1-3H3,(H,23,26)/t17-/m1/s1. The molecule has 1 aliphatic rings. The quantitative estimate of drug-likeness (QED) is 0.849. The highest BCUT2D eigenvalue weighted by molar-refractivity contribution is 5.81. The molecule has 1 N–H and O–H groups in total. The lowest BCUT2D eigenvalue weighted by Gasteiger charge is -2.35. The lowest BCUT2D eigenvalue weighted by atomic mass is 10.2. The van der Waals surface area contributed by atoms with Crippen LogP contribution in [0.3, 0.4) is 0 Å². The summed E-state index contributed by atoms with van der Waals surface area (Å²) in [7, 11) is 2.11. The van der Waals surface area contributed by atoms with Gasteiger partial charge in [-0.05, 0) is 38.6 Å². The number of nitrogens with zero attached hydrogens (tertiary/aromatic N) is 3. The Balaban J connectivity index is 1.61. The van der Waals surface area contributed by atoms with Gasteiger partial charge in [-0.15, -0.1) is 0 Å². The first-order valence-corrected chi connectivity index (χ1v) is 9.42. The first kappa shape index (κ1) is 19.3. The van der Waals surface area contributed by atoms with E-state index in [0.29, 0.717) is 12.4 Å². The molecule has 1 aromatic heterocycles. The molecule has 1 aromatic carbocycles. The van der Waals surface area contributed by atoms with Crippen LogP contribution < -0.4 is 10.1 Å². The lowest BCUT2D eigenvalue weighted by Crippen LogP contribution is -2.52. The molecule has 0 spiro atoms. The van der Waals surface area contributed by atoms with Gasteiger partial charge in [0.25, 0.3) is 0 Å². The number of ether oxygens (including phenoxy) is 1. The largest absolute Gasteiger partial charge is 0.438 e. The summed E-state index contributed by atoms with van der Waals surface area (Å²) < 4.78 is 5.98. The topological polar surface area (TPSA) is 57.7 Å². The van der Waals surface area contributed by atoms with Gasteiger partial charge in [0.15, 0.2) is 0 Å². The zero-order chi connectivity index (χ0) is 19.2. The SMILES string of the molecule is Cc1ccccc1Oc1ncccc1CNC(=O)[C@@H](C)N1CCN(C)CC1. The third-order valence-electron chi connectivity index (χ3n) is 5.07. The number of carbonyl (C=O) groups is 1. The summed E-state index contributed by atoms with van der Waals surface area (Å²) in [4.78, 5) is 21.4. The number of benzene rings is 1. The molecule has 27 heavy (non-hydrogen) atoms. The van der Waals surface area contributed by atoms with Crippen LogP contribution in [-0.4, -0.2) is 60.0 Å². The average molecular weight is 368 g/mol. The van der Waals surface area contributed by atoms with Gasteiger partial charge in [-0.1, -0.05) is 24.3 Å². The Labute approximate surface area is 161 Å². The molecule has 1 amide bonds. The number of piperazine rings is 1. The van der Waals surface area contributed by atoms with Gasteiger partial charge in [0.05, 0.1) is 6.04 Å². The fraction of sp³-hybridized carbons (Fsp3) is 0.429. The molecule has 2 heterocycles. The molecular formula is C21H28N4O2. The van der Waals surface area contributed by atoms with Crippen molar-refractivity contribution in [1.29, 1.82) is 0 Å². The number of likely N-dealkylation sites (N-methyl/N-ethyl adjacent to an activating group) is 1. The number of hydrogen-bond acceptors (Lipinski definition) is 5. The highest BCUT2D eigenvalue weighted by Crippen LogP contribution is 2.25. The number of rotatable bonds is 6. The molecule has 6 nitrogen and oxygen atoms in total. The smallest absolute Gasteiger partial charge is 0.237 e. The third kappa shape index (κ3) is 5.05. The van der Waals surface area contributed by atoms with Gasteiger partial charge in [-0.3, -0.25) is 9.69 Å². The van der Waals surface area contributed by atoms with Crippen LogP contribution in [0.5, 0.6) is 11.6 Å². The summed E-state index contributed by atoms with van der Waals surface area (Å²) in [5.74, 6) is 1.33. The van der Waals surface area contributed by atoms with E-state index in [1.807, 2.05) is 50.2 Å². The van der Waals surface area contributed by atoms with E-state index in [9.17, 15) is 4.79 Å². The van der Waals surface area contributed by atoms with Crippen molar-refractivity contribution < 1.29 is 9.53 Å². The molecule has 6 heteroatoms. The maximum atomic E-state index is 12.6. The highest BCUT2D eigenvalue weighted by Gasteiger charge is 2.24. The Kier molecular flexibility index (Phi) is 6.42. The first-order valence-electron chi connectivity index (χ1n) is 9.42. The second-order valence-electron chi connectivity index (χ2n) is 7.07. The first-order chi connectivity index (χ1) is 13.0. The fourth-order valence-corrected chi connectivity index (χ4v) is 3.13. The number of hydrogen-bond donors (Lipinski definition) is 1. The minimum atomic E-state index is -0.142. The molecule has 1 atom stereocenters. The zero-order valence-electron chi connectivity index (χ0n) is 16.3. The van der Waals surface area contributed by atoms with Gasteiger partial charge in [0.2, 0.25) is 11.8 Å². The Bertz CT molecular complexity index is 772. The molecule has 1 aliphatic heterocycles. The van der Waals surface area contributed by atoms with Crippen molar-refractivity contribution >= 4 is 5.91 Å². The normalized spacial score (nSPS) is 16.7. The molecule has 3 rings (SSSR count). The fourth-order valence-electron chi connectivity index (χ4n) is 3.13. The maximum absolute atomic E-state index is 12.6. The van der Waals surface area contributed by atoms with Crippen LogP contribution >= 0.6 is 0 Å². The van der Waals surface area contributed by atoms with E-state index >= 15 is 0 Å². The van der Waals surface area contributed by atoms with Crippen molar-refractivity contribution in [3.8, 4) is 11.6 Å². The van der Waals surface area contributed by atoms with Crippen molar-refractivity contribution in [3.63, 3.8) is 0 Å². The molecule has 0 unspecified atom stereocenters. The second kappa shape index (κ2) is 8.97. The van der Waals surface area contributed by atoms with Gasteiger partial charge in [0, 0.05) is 44.5 Å².